The molecule has 0 radical (unpaired) electrons. The molecule has 0 bridgehead atoms. The largest absolute Gasteiger partial charge is 0.496 e. The number of hydrogen-bond acceptors (Lipinski definition) is 2. The Morgan fingerprint density at radius 2 is 1.95 bits per heavy atom. The highest BCUT2D eigenvalue weighted by atomic mass is 79.9. The lowest BCUT2D eigenvalue weighted by molar-refractivity contribution is 0.409. The number of rotatable bonds is 4. The third-order valence-corrected chi connectivity index (χ3v) is 4.14. The molecule has 0 amide bonds. The van der Waals surface area contributed by atoms with E-state index in [2.05, 4.69) is 40.3 Å². The maximum absolute atomic E-state index is 6.22. The minimum Gasteiger partial charge on any atom is -0.496 e. The van der Waals surface area contributed by atoms with E-state index in [4.69, 9.17) is 16.3 Å². The molecule has 0 unspecified atom stereocenters. The minimum atomic E-state index is 0.680. The first-order valence-electron chi connectivity index (χ1n) is 6.35. The zero-order valence-electron chi connectivity index (χ0n) is 11.8. The molecule has 106 valence electrons. The lowest BCUT2D eigenvalue weighted by Crippen LogP contribution is -2.03. The van der Waals surface area contributed by atoms with Gasteiger partial charge in [-0.1, -0.05) is 39.7 Å². The second kappa shape index (κ2) is 6.51. The number of benzene rings is 2. The standard InChI is InChI=1S/C16H17BrClNO/c1-10-4-7-15(11(2)16(10)20-3)19-9-12-5-6-13(17)8-14(12)18/h4-8,19H,9H2,1-3H3. The molecular weight excluding hydrogens is 338 g/mol. The minimum absolute atomic E-state index is 0.680. The molecule has 20 heavy (non-hydrogen) atoms. The topological polar surface area (TPSA) is 21.3 Å². The summed E-state index contributed by atoms with van der Waals surface area (Å²) < 4.78 is 6.42. The van der Waals surface area contributed by atoms with E-state index in [-0.39, 0.29) is 0 Å². The van der Waals surface area contributed by atoms with Gasteiger partial charge in [-0.25, -0.2) is 0 Å². The Morgan fingerprint density at radius 3 is 2.60 bits per heavy atom. The van der Waals surface area contributed by atoms with Crippen molar-refractivity contribution in [1.82, 2.24) is 0 Å². The predicted octanol–water partition coefficient (Wildman–Crippen LogP) is 5.34. The van der Waals surface area contributed by atoms with Crippen LogP contribution >= 0.6 is 27.5 Å². The van der Waals surface area contributed by atoms with Gasteiger partial charge in [-0.3, -0.25) is 0 Å². The van der Waals surface area contributed by atoms with Crippen LogP contribution < -0.4 is 10.1 Å². The van der Waals surface area contributed by atoms with Crippen LogP contribution in [0, 0.1) is 13.8 Å². The van der Waals surface area contributed by atoms with E-state index >= 15 is 0 Å². The average Bonchev–Trinajstić information content (AvgIpc) is 2.40. The lowest BCUT2D eigenvalue weighted by Gasteiger charge is -2.15. The van der Waals surface area contributed by atoms with E-state index in [9.17, 15) is 0 Å². The van der Waals surface area contributed by atoms with Gasteiger partial charge in [0.15, 0.2) is 0 Å². The maximum Gasteiger partial charge on any atom is 0.126 e. The predicted molar refractivity (Wildman–Crippen MR) is 88.9 cm³/mol. The van der Waals surface area contributed by atoms with Gasteiger partial charge in [-0.15, -0.1) is 0 Å². The number of nitrogens with one attached hydrogen (secondary N) is 1. The van der Waals surface area contributed by atoms with Crippen molar-refractivity contribution in [1.29, 1.82) is 0 Å². The second-order valence-electron chi connectivity index (χ2n) is 4.68. The fourth-order valence-corrected chi connectivity index (χ4v) is 2.93. The summed E-state index contributed by atoms with van der Waals surface area (Å²) in [5.74, 6) is 0.928. The van der Waals surface area contributed by atoms with Crippen molar-refractivity contribution in [2.24, 2.45) is 0 Å². The van der Waals surface area contributed by atoms with Crippen molar-refractivity contribution in [2.75, 3.05) is 12.4 Å². The molecule has 1 N–H and O–H groups in total. The van der Waals surface area contributed by atoms with Crippen molar-refractivity contribution in [2.45, 2.75) is 20.4 Å². The van der Waals surface area contributed by atoms with Crippen molar-refractivity contribution in [3.8, 4) is 5.75 Å². The van der Waals surface area contributed by atoms with Crippen molar-refractivity contribution in [3.63, 3.8) is 0 Å². The van der Waals surface area contributed by atoms with E-state index in [1.54, 1.807) is 7.11 Å². The average molecular weight is 355 g/mol. The van der Waals surface area contributed by atoms with Gasteiger partial charge >= 0.3 is 0 Å². The summed E-state index contributed by atoms with van der Waals surface area (Å²) in [5.41, 5.74) is 4.37. The van der Waals surface area contributed by atoms with E-state index < -0.39 is 0 Å². The van der Waals surface area contributed by atoms with Crippen LogP contribution in [-0.2, 0) is 6.54 Å². The molecule has 0 aliphatic rings. The van der Waals surface area contributed by atoms with E-state index in [0.717, 1.165) is 37.6 Å². The van der Waals surface area contributed by atoms with Crippen LogP contribution in [0.4, 0.5) is 5.69 Å². The Hall–Kier alpha value is -1.19. The number of aryl methyl sites for hydroxylation is 1. The Bertz CT molecular complexity index is 628. The summed E-state index contributed by atoms with van der Waals surface area (Å²) in [7, 11) is 1.70. The fraction of sp³-hybridized carbons (Fsp3) is 0.250. The van der Waals surface area contributed by atoms with Gasteiger partial charge in [-0.05, 0) is 43.2 Å². The third-order valence-electron chi connectivity index (χ3n) is 3.29. The Labute approximate surface area is 133 Å². The molecule has 0 spiro atoms. The van der Waals surface area contributed by atoms with E-state index in [1.165, 1.54) is 0 Å². The Balaban J connectivity index is 2.19. The van der Waals surface area contributed by atoms with Crippen LogP contribution in [0.5, 0.6) is 5.75 Å². The van der Waals surface area contributed by atoms with Crippen LogP contribution in [0.1, 0.15) is 16.7 Å². The molecule has 0 aliphatic carbocycles. The molecular formula is C16H17BrClNO. The fourth-order valence-electron chi connectivity index (χ4n) is 2.19. The normalized spacial score (nSPS) is 10.4. The first-order valence-corrected chi connectivity index (χ1v) is 7.52. The zero-order chi connectivity index (χ0) is 14.7. The van der Waals surface area contributed by atoms with Gasteiger partial charge in [0.25, 0.3) is 0 Å². The molecule has 0 aliphatic heterocycles. The van der Waals surface area contributed by atoms with E-state index in [0.29, 0.717) is 6.54 Å². The molecule has 2 nitrogen and oxygen atoms in total. The number of ether oxygens (including phenoxy) is 1. The van der Waals surface area contributed by atoms with Gasteiger partial charge in [0.2, 0.25) is 0 Å². The van der Waals surface area contributed by atoms with Crippen molar-refractivity contribution >= 4 is 33.2 Å². The number of halogens is 2. The SMILES string of the molecule is COc1c(C)ccc(NCc2ccc(Br)cc2Cl)c1C. The van der Waals surface area contributed by atoms with Gasteiger partial charge < -0.3 is 10.1 Å². The first-order chi connectivity index (χ1) is 9.52. The van der Waals surface area contributed by atoms with Gasteiger partial charge in [0, 0.05) is 27.3 Å². The summed E-state index contributed by atoms with van der Waals surface area (Å²) in [6.45, 7) is 4.78. The highest BCUT2D eigenvalue weighted by Crippen LogP contribution is 2.30. The molecule has 4 heteroatoms. The number of hydrogen-bond donors (Lipinski definition) is 1. The molecule has 2 aromatic rings. The van der Waals surface area contributed by atoms with Crippen LogP contribution in [0.25, 0.3) is 0 Å². The smallest absolute Gasteiger partial charge is 0.126 e. The number of methoxy groups -OCH3 is 1. The van der Waals surface area contributed by atoms with Crippen LogP contribution in [0.2, 0.25) is 5.02 Å². The van der Waals surface area contributed by atoms with Gasteiger partial charge in [0.05, 0.1) is 7.11 Å². The summed E-state index contributed by atoms with van der Waals surface area (Å²) in [4.78, 5) is 0. The summed E-state index contributed by atoms with van der Waals surface area (Å²) in [6.07, 6.45) is 0. The quantitative estimate of drug-likeness (QED) is 0.800. The first kappa shape index (κ1) is 15.2. The molecule has 0 atom stereocenters. The zero-order valence-corrected chi connectivity index (χ0v) is 14.1. The van der Waals surface area contributed by atoms with E-state index in [1.807, 2.05) is 25.1 Å². The van der Waals surface area contributed by atoms with Crippen LogP contribution in [0.3, 0.4) is 0 Å². The summed E-state index contributed by atoms with van der Waals surface area (Å²) in [5, 5.41) is 4.17. The molecule has 2 rings (SSSR count). The monoisotopic (exact) mass is 353 g/mol. The molecule has 0 fully saturated rings. The second-order valence-corrected chi connectivity index (χ2v) is 6.00. The van der Waals surface area contributed by atoms with Gasteiger partial charge in [-0.2, -0.15) is 0 Å². The molecule has 0 saturated heterocycles. The van der Waals surface area contributed by atoms with Crippen LogP contribution in [0.15, 0.2) is 34.8 Å². The molecule has 0 saturated carbocycles. The highest BCUT2D eigenvalue weighted by Gasteiger charge is 2.08. The Kier molecular flexibility index (Phi) is 4.95. The van der Waals surface area contributed by atoms with Crippen molar-refractivity contribution in [3.05, 3.63) is 56.5 Å². The maximum atomic E-state index is 6.22. The van der Waals surface area contributed by atoms with Crippen LogP contribution in [-0.4, -0.2) is 7.11 Å². The summed E-state index contributed by atoms with van der Waals surface area (Å²) >= 11 is 9.63. The lowest BCUT2D eigenvalue weighted by atomic mass is 10.1. The molecule has 2 aromatic carbocycles. The highest BCUT2D eigenvalue weighted by molar-refractivity contribution is 9.10. The summed E-state index contributed by atoms with van der Waals surface area (Å²) in [6, 6.07) is 10.0. The third kappa shape index (κ3) is 3.28. The molecule has 0 aromatic heterocycles. The Morgan fingerprint density at radius 1 is 1.20 bits per heavy atom. The number of anilines is 1. The molecule has 0 heterocycles. The van der Waals surface area contributed by atoms with Crippen molar-refractivity contribution < 1.29 is 4.74 Å². The van der Waals surface area contributed by atoms with Gasteiger partial charge in [0.1, 0.15) is 5.75 Å².